The Balaban J connectivity index is 2.24. The number of nitrogens with one attached hydrogen (secondary N) is 1. The summed E-state index contributed by atoms with van der Waals surface area (Å²) in [5.74, 6) is 0.183. The van der Waals surface area contributed by atoms with Gasteiger partial charge in [0.1, 0.15) is 0 Å². The van der Waals surface area contributed by atoms with Gasteiger partial charge in [-0.15, -0.1) is 0 Å². The van der Waals surface area contributed by atoms with Crippen LogP contribution in [0.3, 0.4) is 0 Å². The van der Waals surface area contributed by atoms with Crippen LogP contribution < -0.4 is 10.4 Å². The molecule has 3 heteroatoms. The SMILES string of the molecule is CCCCC(CC)C(=O)N(Nc1ccccc1)c1ccccc1. The number of para-hydroxylation sites is 2. The van der Waals surface area contributed by atoms with Crippen LogP contribution in [0.1, 0.15) is 39.5 Å². The minimum atomic E-state index is 0.0476. The first-order chi connectivity index (χ1) is 11.3. The number of hydrogen-bond donors (Lipinski definition) is 1. The van der Waals surface area contributed by atoms with Crippen LogP contribution in [0.5, 0.6) is 0 Å². The van der Waals surface area contributed by atoms with Crippen molar-refractivity contribution in [2.45, 2.75) is 39.5 Å². The second-order valence-electron chi connectivity index (χ2n) is 5.73. The van der Waals surface area contributed by atoms with Gasteiger partial charge in [-0.3, -0.25) is 10.2 Å². The van der Waals surface area contributed by atoms with E-state index in [0.717, 1.165) is 37.1 Å². The molecule has 2 aromatic rings. The number of carbonyl (C=O) groups excluding carboxylic acids is 1. The molecule has 0 aromatic heterocycles. The van der Waals surface area contributed by atoms with Crippen molar-refractivity contribution in [1.29, 1.82) is 0 Å². The van der Waals surface area contributed by atoms with Gasteiger partial charge in [0.05, 0.1) is 11.4 Å². The van der Waals surface area contributed by atoms with E-state index >= 15 is 0 Å². The van der Waals surface area contributed by atoms with Gasteiger partial charge in [-0.05, 0) is 37.1 Å². The fourth-order valence-electron chi connectivity index (χ4n) is 2.60. The maximum absolute atomic E-state index is 13.0. The molecule has 1 amide bonds. The highest BCUT2D eigenvalue weighted by molar-refractivity contribution is 5.96. The normalized spacial score (nSPS) is 11.7. The van der Waals surface area contributed by atoms with E-state index in [0.29, 0.717) is 0 Å². The Labute approximate surface area is 139 Å². The maximum Gasteiger partial charge on any atom is 0.248 e. The van der Waals surface area contributed by atoms with Crippen molar-refractivity contribution in [1.82, 2.24) is 0 Å². The molecule has 0 heterocycles. The molecule has 0 aliphatic rings. The average Bonchev–Trinajstić information content (AvgIpc) is 2.62. The number of anilines is 2. The Morgan fingerprint density at radius 1 is 1.00 bits per heavy atom. The van der Waals surface area contributed by atoms with Crippen molar-refractivity contribution in [3.63, 3.8) is 0 Å². The van der Waals surface area contributed by atoms with Gasteiger partial charge in [0.2, 0.25) is 5.91 Å². The smallest absolute Gasteiger partial charge is 0.248 e. The van der Waals surface area contributed by atoms with Crippen molar-refractivity contribution in [3.8, 4) is 0 Å². The number of carbonyl (C=O) groups is 1. The molecule has 0 aliphatic carbocycles. The fraction of sp³-hybridized carbons (Fsp3) is 0.350. The molecule has 0 bridgehead atoms. The minimum Gasteiger partial charge on any atom is -0.291 e. The molecule has 1 atom stereocenters. The van der Waals surface area contributed by atoms with Crippen LogP contribution in [0, 0.1) is 5.92 Å². The number of amides is 1. The predicted molar refractivity (Wildman–Crippen MR) is 97.3 cm³/mol. The summed E-state index contributed by atoms with van der Waals surface area (Å²) in [6, 6.07) is 19.6. The first-order valence-electron chi connectivity index (χ1n) is 8.47. The fourth-order valence-corrected chi connectivity index (χ4v) is 2.60. The number of nitrogens with zero attached hydrogens (tertiary/aromatic N) is 1. The van der Waals surface area contributed by atoms with E-state index in [-0.39, 0.29) is 11.8 Å². The molecule has 2 rings (SSSR count). The van der Waals surface area contributed by atoms with Crippen molar-refractivity contribution in [3.05, 3.63) is 60.7 Å². The molecular weight excluding hydrogens is 284 g/mol. The van der Waals surface area contributed by atoms with Crippen LogP contribution in [-0.4, -0.2) is 5.91 Å². The maximum atomic E-state index is 13.0. The molecule has 3 nitrogen and oxygen atoms in total. The van der Waals surface area contributed by atoms with Crippen LogP contribution >= 0.6 is 0 Å². The molecule has 0 saturated carbocycles. The van der Waals surface area contributed by atoms with E-state index in [2.05, 4.69) is 19.3 Å². The third kappa shape index (κ3) is 4.85. The molecule has 0 fully saturated rings. The summed E-state index contributed by atoms with van der Waals surface area (Å²) in [5.41, 5.74) is 5.05. The number of rotatable bonds is 8. The summed E-state index contributed by atoms with van der Waals surface area (Å²) in [4.78, 5) is 13.0. The first-order valence-corrected chi connectivity index (χ1v) is 8.47. The third-order valence-electron chi connectivity index (χ3n) is 4.00. The van der Waals surface area contributed by atoms with Gasteiger partial charge in [-0.25, -0.2) is 5.01 Å². The highest BCUT2D eigenvalue weighted by Crippen LogP contribution is 2.22. The predicted octanol–water partition coefficient (Wildman–Crippen LogP) is 5.26. The van der Waals surface area contributed by atoms with Gasteiger partial charge in [0.15, 0.2) is 0 Å². The van der Waals surface area contributed by atoms with Crippen molar-refractivity contribution in [2.75, 3.05) is 10.4 Å². The average molecular weight is 310 g/mol. The van der Waals surface area contributed by atoms with Gasteiger partial charge in [0, 0.05) is 5.92 Å². The highest BCUT2D eigenvalue weighted by Gasteiger charge is 2.24. The van der Waals surface area contributed by atoms with E-state index < -0.39 is 0 Å². The largest absolute Gasteiger partial charge is 0.291 e. The lowest BCUT2D eigenvalue weighted by atomic mass is 9.98. The highest BCUT2D eigenvalue weighted by atomic mass is 16.2. The standard InChI is InChI=1S/C20H26N2O/c1-3-5-12-17(4-2)20(23)22(19-15-10-7-11-16-19)21-18-13-8-6-9-14-18/h6-11,13-17,21H,3-5,12H2,1-2H3. The summed E-state index contributed by atoms with van der Waals surface area (Å²) in [6.07, 6.45) is 3.99. The second kappa shape index (κ2) is 8.99. The summed E-state index contributed by atoms with van der Waals surface area (Å²) in [6.45, 7) is 4.25. The Bertz CT molecular complexity index is 583. The summed E-state index contributed by atoms with van der Waals surface area (Å²) in [7, 11) is 0. The first kappa shape index (κ1) is 17.1. The summed E-state index contributed by atoms with van der Waals surface area (Å²) < 4.78 is 0. The molecule has 122 valence electrons. The Morgan fingerprint density at radius 3 is 2.17 bits per heavy atom. The summed E-state index contributed by atoms with van der Waals surface area (Å²) >= 11 is 0. The third-order valence-corrected chi connectivity index (χ3v) is 4.00. The molecule has 0 saturated heterocycles. The van der Waals surface area contributed by atoms with Gasteiger partial charge < -0.3 is 0 Å². The van der Waals surface area contributed by atoms with E-state index in [1.54, 1.807) is 5.01 Å². The Kier molecular flexibility index (Phi) is 6.67. The van der Waals surface area contributed by atoms with Crippen molar-refractivity contribution in [2.24, 2.45) is 5.92 Å². The molecule has 1 N–H and O–H groups in total. The minimum absolute atomic E-state index is 0.0476. The molecule has 23 heavy (non-hydrogen) atoms. The van der Waals surface area contributed by atoms with Gasteiger partial charge in [-0.1, -0.05) is 63.1 Å². The number of hydrogen-bond acceptors (Lipinski definition) is 2. The molecular formula is C20H26N2O. The lowest BCUT2D eigenvalue weighted by Crippen LogP contribution is -2.40. The zero-order valence-electron chi connectivity index (χ0n) is 14.0. The zero-order valence-corrected chi connectivity index (χ0v) is 14.0. The van der Waals surface area contributed by atoms with Gasteiger partial charge in [-0.2, -0.15) is 0 Å². The van der Waals surface area contributed by atoms with Gasteiger partial charge in [0.25, 0.3) is 0 Å². The molecule has 0 spiro atoms. The van der Waals surface area contributed by atoms with Crippen LogP contribution in [0.4, 0.5) is 11.4 Å². The zero-order chi connectivity index (χ0) is 16.5. The quantitative estimate of drug-likeness (QED) is 0.674. The second-order valence-corrected chi connectivity index (χ2v) is 5.73. The van der Waals surface area contributed by atoms with E-state index in [1.165, 1.54) is 0 Å². The topological polar surface area (TPSA) is 32.3 Å². The van der Waals surface area contributed by atoms with E-state index in [4.69, 9.17) is 0 Å². The molecule has 0 radical (unpaired) electrons. The van der Waals surface area contributed by atoms with Crippen molar-refractivity contribution >= 4 is 17.3 Å². The molecule has 2 aromatic carbocycles. The van der Waals surface area contributed by atoms with Crippen LogP contribution in [0.15, 0.2) is 60.7 Å². The van der Waals surface area contributed by atoms with E-state index in [1.807, 2.05) is 60.7 Å². The van der Waals surface area contributed by atoms with Crippen LogP contribution in [0.25, 0.3) is 0 Å². The lowest BCUT2D eigenvalue weighted by molar-refractivity contribution is -0.122. The molecule has 1 unspecified atom stereocenters. The monoisotopic (exact) mass is 310 g/mol. The molecule has 0 aliphatic heterocycles. The number of unbranched alkanes of at least 4 members (excludes halogenated alkanes) is 1. The summed E-state index contributed by atoms with van der Waals surface area (Å²) in [5, 5.41) is 1.69. The number of hydrazine groups is 1. The Hall–Kier alpha value is -2.29. The van der Waals surface area contributed by atoms with Crippen LogP contribution in [-0.2, 0) is 4.79 Å². The lowest BCUT2D eigenvalue weighted by Gasteiger charge is -2.28. The number of benzene rings is 2. The van der Waals surface area contributed by atoms with Crippen LogP contribution in [0.2, 0.25) is 0 Å². The Morgan fingerprint density at radius 2 is 1.61 bits per heavy atom. The van der Waals surface area contributed by atoms with E-state index in [9.17, 15) is 4.79 Å². The van der Waals surface area contributed by atoms with Gasteiger partial charge >= 0.3 is 0 Å². The van der Waals surface area contributed by atoms with Crippen molar-refractivity contribution < 1.29 is 4.79 Å².